The lowest BCUT2D eigenvalue weighted by Gasteiger charge is -2.36. The van der Waals surface area contributed by atoms with Crippen LogP contribution in [0, 0.1) is 0 Å². The first kappa shape index (κ1) is 11.4. The molecule has 16 heavy (non-hydrogen) atoms. The van der Waals surface area contributed by atoms with Crippen LogP contribution < -0.4 is 0 Å². The maximum atomic E-state index is 4.75. The predicted octanol–water partition coefficient (Wildman–Crippen LogP) is 3.86. The van der Waals surface area contributed by atoms with E-state index >= 15 is 0 Å². The second-order valence-electron chi connectivity index (χ2n) is 4.75. The van der Waals surface area contributed by atoms with Crippen molar-refractivity contribution in [2.45, 2.75) is 52.4 Å². The van der Waals surface area contributed by atoms with E-state index in [9.17, 15) is 0 Å². The maximum absolute atomic E-state index is 4.75. The summed E-state index contributed by atoms with van der Waals surface area (Å²) in [4.78, 5) is 7.09. The third kappa shape index (κ3) is 2.06. The minimum absolute atomic E-state index is 1.11. The summed E-state index contributed by atoms with van der Waals surface area (Å²) >= 11 is 0. The van der Waals surface area contributed by atoms with Crippen molar-refractivity contribution in [2.24, 2.45) is 4.99 Å². The van der Waals surface area contributed by atoms with Crippen molar-refractivity contribution < 1.29 is 0 Å². The molecular formula is C14H22N2. The average Bonchev–Trinajstić information content (AvgIpc) is 2.29. The van der Waals surface area contributed by atoms with E-state index in [0.717, 1.165) is 19.4 Å². The van der Waals surface area contributed by atoms with Crippen LogP contribution in [0.15, 0.2) is 28.5 Å². The van der Waals surface area contributed by atoms with Crippen molar-refractivity contribution in [1.82, 2.24) is 4.90 Å². The lowest BCUT2D eigenvalue weighted by molar-refractivity contribution is 0.436. The Morgan fingerprint density at radius 1 is 1.38 bits per heavy atom. The number of hydrogen-bond acceptors (Lipinski definition) is 2. The third-order valence-corrected chi connectivity index (χ3v) is 3.53. The third-order valence-electron chi connectivity index (χ3n) is 3.53. The van der Waals surface area contributed by atoms with Crippen molar-refractivity contribution in [1.29, 1.82) is 0 Å². The lowest BCUT2D eigenvalue weighted by atomic mass is 9.98. The Hall–Kier alpha value is -1.05. The second-order valence-corrected chi connectivity index (χ2v) is 4.75. The first-order chi connectivity index (χ1) is 7.74. The number of aliphatic imine (C=N–C) groups is 1. The summed E-state index contributed by atoms with van der Waals surface area (Å²) in [6.07, 6.45) is 7.29. The van der Waals surface area contributed by atoms with Crippen LogP contribution >= 0.6 is 0 Å². The number of amidine groups is 1. The molecular weight excluding hydrogens is 196 g/mol. The van der Waals surface area contributed by atoms with Crippen molar-refractivity contribution in [3.05, 3.63) is 23.5 Å². The molecule has 2 rings (SSSR count). The SMILES string of the molecule is C=C1C(CCCC)=C(C)N=C2CCCCN12. The molecule has 0 amide bonds. The number of hydrogen-bond donors (Lipinski definition) is 0. The Balaban J connectivity index is 2.22. The maximum Gasteiger partial charge on any atom is 0.109 e. The van der Waals surface area contributed by atoms with E-state index in [2.05, 4.69) is 25.3 Å². The number of fused-ring (bicyclic) bond motifs is 1. The van der Waals surface area contributed by atoms with Gasteiger partial charge in [0.05, 0.1) is 0 Å². The quantitative estimate of drug-likeness (QED) is 0.702. The molecule has 2 heteroatoms. The van der Waals surface area contributed by atoms with Gasteiger partial charge in [-0.3, -0.25) is 0 Å². The number of piperidine rings is 1. The largest absolute Gasteiger partial charge is 0.330 e. The lowest BCUT2D eigenvalue weighted by Crippen LogP contribution is -2.37. The zero-order chi connectivity index (χ0) is 11.5. The van der Waals surface area contributed by atoms with Gasteiger partial charge in [0.25, 0.3) is 0 Å². The highest BCUT2D eigenvalue weighted by Crippen LogP contribution is 2.31. The minimum Gasteiger partial charge on any atom is -0.330 e. The fourth-order valence-electron chi connectivity index (χ4n) is 2.54. The molecule has 0 atom stereocenters. The molecule has 0 saturated carbocycles. The molecule has 0 aromatic rings. The summed E-state index contributed by atoms with van der Waals surface area (Å²) in [6, 6.07) is 0. The van der Waals surface area contributed by atoms with Crippen LogP contribution in [0.25, 0.3) is 0 Å². The van der Waals surface area contributed by atoms with E-state index in [4.69, 9.17) is 4.99 Å². The van der Waals surface area contributed by atoms with Gasteiger partial charge in [-0.1, -0.05) is 19.9 Å². The van der Waals surface area contributed by atoms with Gasteiger partial charge in [-0.15, -0.1) is 0 Å². The van der Waals surface area contributed by atoms with Gasteiger partial charge in [-0.2, -0.15) is 0 Å². The second kappa shape index (κ2) is 4.86. The highest BCUT2D eigenvalue weighted by atomic mass is 15.2. The Bertz CT molecular complexity index is 350. The Morgan fingerprint density at radius 2 is 2.19 bits per heavy atom. The summed E-state index contributed by atoms with van der Waals surface area (Å²) in [6.45, 7) is 9.75. The van der Waals surface area contributed by atoms with Gasteiger partial charge in [0.15, 0.2) is 0 Å². The molecule has 0 aromatic carbocycles. The van der Waals surface area contributed by atoms with Gasteiger partial charge >= 0.3 is 0 Å². The van der Waals surface area contributed by atoms with E-state index < -0.39 is 0 Å². The van der Waals surface area contributed by atoms with Gasteiger partial charge < -0.3 is 4.90 Å². The van der Waals surface area contributed by atoms with Gasteiger partial charge in [0.1, 0.15) is 5.84 Å². The summed E-state index contributed by atoms with van der Waals surface area (Å²) in [5, 5.41) is 0. The summed E-state index contributed by atoms with van der Waals surface area (Å²) in [5.74, 6) is 1.24. The molecule has 88 valence electrons. The zero-order valence-electron chi connectivity index (χ0n) is 10.6. The van der Waals surface area contributed by atoms with Crippen LogP contribution in [0.1, 0.15) is 52.4 Å². The minimum atomic E-state index is 1.11. The van der Waals surface area contributed by atoms with E-state index in [1.54, 1.807) is 0 Å². The first-order valence-corrected chi connectivity index (χ1v) is 6.48. The van der Waals surface area contributed by atoms with Gasteiger partial charge in [0.2, 0.25) is 0 Å². The molecule has 0 unspecified atom stereocenters. The van der Waals surface area contributed by atoms with E-state index in [1.165, 1.54) is 48.5 Å². The number of allylic oxidation sites excluding steroid dienone is 2. The monoisotopic (exact) mass is 218 g/mol. The summed E-state index contributed by atoms with van der Waals surface area (Å²) in [5.41, 5.74) is 3.80. The molecule has 1 fully saturated rings. The number of nitrogens with zero attached hydrogens (tertiary/aromatic N) is 2. The molecule has 0 spiro atoms. The van der Waals surface area contributed by atoms with Crippen LogP contribution in [0.4, 0.5) is 0 Å². The Labute approximate surface area is 98.7 Å². The van der Waals surface area contributed by atoms with Crippen LogP contribution in [-0.4, -0.2) is 17.3 Å². The molecule has 2 heterocycles. The molecule has 0 bridgehead atoms. The van der Waals surface area contributed by atoms with Crippen molar-refractivity contribution >= 4 is 5.84 Å². The predicted molar refractivity (Wildman–Crippen MR) is 69.4 cm³/mol. The Morgan fingerprint density at radius 3 is 2.94 bits per heavy atom. The summed E-state index contributed by atoms with van der Waals surface area (Å²) < 4.78 is 0. The van der Waals surface area contributed by atoms with E-state index in [1.807, 2.05) is 0 Å². The molecule has 0 radical (unpaired) electrons. The Kier molecular flexibility index (Phi) is 3.47. The fourth-order valence-corrected chi connectivity index (χ4v) is 2.54. The van der Waals surface area contributed by atoms with Gasteiger partial charge in [-0.25, -0.2) is 4.99 Å². The molecule has 0 aliphatic carbocycles. The fraction of sp³-hybridized carbons (Fsp3) is 0.643. The average molecular weight is 218 g/mol. The standard InChI is InChI=1S/C14H22N2/c1-4-5-8-13-11(2)15-14-9-6-7-10-16(14)12(13)3/h3-10H2,1-2H3. The molecule has 2 nitrogen and oxygen atoms in total. The zero-order valence-corrected chi connectivity index (χ0v) is 10.6. The van der Waals surface area contributed by atoms with Crippen LogP contribution in [0.5, 0.6) is 0 Å². The first-order valence-electron chi connectivity index (χ1n) is 6.48. The molecule has 0 aromatic heterocycles. The van der Waals surface area contributed by atoms with Crippen molar-refractivity contribution in [3.8, 4) is 0 Å². The van der Waals surface area contributed by atoms with E-state index in [-0.39, 0.29) is 0 Å². The molecule has 2 aliphatic heterocycles. The van der Waals surface area contributed by atoms with Crippen molar-refractivity contribution in [3.63, 3.8) is 0 Å². The normalized spacial score (nSPS) is 21.0. The molecule has 0 N–H and O–H groups in total. The highest BCUT2D eigenvalue weighted by Gasteiger charge is 2.25. The smallest absolute Gasteiger partial charge is 0.109 e. The van der Waals surface area contributed by atoms with Crippen LogP contribution in [0.2, 0.25) is 0 Å². The van der Waals surface area contributed by atoms with Gasteiger partial charge in [0, 0.05) is 24.4 Å². The van der Waals surface area contributed by atoms with Crippen LogP contribution in [0.3, 0.4) is 0 Å². The highest BCUT2D eigenvalue weighted by molar-refractivity contribution is 5.87. The van der Waals surface area contributed by atoms with Crippen LogP contribution in [-0.2, 0) is 0 Å². The molecule has 1 saturated heterocycles. The molecule has 2 aliphatic rings. The van der Waals surface area contributed by atoms with E-state index in [0.29, 0.717) is 0 Å². The van der Waals surface area contributed by atoms with Gasteiger partial charge in [-0.05, 0) is 38.2 Å². The number of rotatable bonds is 3. The van der Waals surface area contributed by atoms with Crippen molar-refractivity contribution in [2.75, 3.05) is 6.54 Å². The number of unbranched alkanes of at least 4 members (excludes halogenated alkanes) is 1. The summed E-state index contributed by atoms with van der Waals surface area (Å²) in [7, 11) is 0. The topological polar surface area (TPSA) is 15.6 Å².